The first-order valence-corrected chi connectivity index (χ1v) is 8.76. The van der Waals surface area contributed by atoms with E-state index in [-0.39, 0.29) is 16.7 Å². The van der Waals surface area contributed by atoms with E-state index in [0.29, 0.717) is 33.5 Å². The molecule has 2 aromatic rings. The number of hydrogen-bond acceptors (Lipinski definition) is 4. The van der Waals surface area contributed by atoms with Crippen molar-refractivity contribution in [2.45, 2.75) is 37.6 Å². The highest BCUT2D eigenvalue weighted by atomic mass is 35.5. The van der Waals surface area contributed by atoms with Crippen LogP contribution in [0.1, 0.15) is 27.2 Å². The Morgan fingerprint density at radius 2 is 2.13 bits per heavy atom. The smallest absolute Gasteiger partial charge is 0.259 e. The maximum Gasteiger partial charge on any atom is 0.259 e. The van der Waals surface area contributed by atoms with Crippen molar-refractivity contribution in [3.8, 4) is 0 Å². The van der Waals surface area contributed by atoms with Crippen molar-refractivity contribution in [3.63, 3.8) is 0 Å². The zero-order valence-electron chi connectivity index (χ0n) is 13.4. The number of nitrogens with zero attached hydrogens (tertiary/aromatic N) is 1. The number of carbonyl (C=O) groups excluding carboxylic acids is 1. The van der Waals surface area contributed by atoms with E-state index in [4.69, 9.17) is 11.6 Å². The molecule has 2 N–H and O–H groups in total. The van der Waals surface area contributed by atoms with Gasteiger partial charge < -0.3 is 10.3 Å². The number of amides is 1. The quantitative estimate of drug-likeness (QED) is 0.617. The fourth-order valence-electron chi connectivity index (χ4n) is 2.00. The standard InChI is InChI=1S/C16H20ClN3O2S/c1-9(2)6-7-18-14(21)10(3)23-16-19-13-8-11(17)4-5-12(13)15(22)20-16/h4-5,8-10H,6-7H2,1-3H3,(H,18,21)(H,19,20,22)/t10-/m1/s1. The minimum atomic E-state index is -0.345. The minimum Gasteiger partial charge on any atom is -0.355 e. The summed E-state index contributed by atoms with van der Waals surface area (Å²) in [4.78, 5) is 31.2. The van der Waals surface area contributed by atoms with Gasteiger partial charge in [0.25, 0.3) is 5.56 Å². The van der Waals surface area contributed by atoms with E-state index < -0.39 is 0 Å². The molecule has 0 aliphatic heterocycles. The summed E-state index contributed by atoms with van der Waals surface area (Å²) in [7, 11) is 0. The lowest BCUT2D eigenvalue weighted by atomic mass is 10.1. The van der Waals surface area contributed by atoms with E-state index in [9.17, 15) is 9.59 Å². The summed E-state index contributed by atoms with van der Waals surface area (Å²) in [6.07, 6.45) is 0.937. The molecule has 1 aromatic carbocycles. The number of nitrogens with one attached hydrogen (secondary N) is 2. The summed E-state index contributed by atoms with van der Waals surface area (Å²) in [5.74, 6) is 0.478. The Morgan fingerprint density at radius 3 is 2.83 bits per heavy atom. The maximum absolute atomic E-state index is 12.1. The monoisotopic (exact) mass is 353 g/mol. The SMILES string of the molecule is CC(C)CCNC(=O)[C@@H](C)Sc1nc2cc(Cl)ccc2c(=O)[nH]1. The third-order valence-corrected chi connectivity index (χ3v) is 4.54. The van der Waals surface area contributed by atoms with E-state index in [1.165, 1.54) is 11.8 Å². The highest BCUT2D eigenvalue weighted by molar-refractivity contribution is 8.00. The van der Waals surface area contributed by atoms with Gasteiger partial charge in [0.05, 0.1) is 16.2 Å². The number of H-pyrrole nitrogens is 1. The van der Waals surface area contributed by atoms with E-state index >= 15 is 0 Å². The Labute approximate surface area is 144 Å². The van der Waals surface area contributed by atoms with Gasteiger partial charge in [0, 0.05) is 11.6 Å². The van der Waals surface area contributed by atoms with E-state index in [2.05, 4.69) is 29.1 Å². The van der Waals surface area contributed by atoms with E-state index in [1.807, 2.05) is 0 Å². The first-order valence-electron chi connectivity index (χ1n) is 7.50. The molecule has 0 aliphatic carbocycles. The Bertz CT molecular complexity index is 761. The van der Waals surface area contributed by atoms with Gasteiger partial charge in [-0.05, 0) is 37.5 Å². The van der Waals surface area contributed by atoms with Crippen LogP contribution in [0.4, 0.5) is 0 Å². The second-order valence-electron chi connectivity index (χ2n) is 5.77. The third kappa shape index (κ3) is 4.97. The molecule has 0 saturated heterocycles. The first-order chi connectivity index (χ1) is 10.9. The van der Waals surface area contributed by atoms with Gasteiger partial charge in [-0.15, -0.1) is 0 Å². The minimum absolute atomic E-state index is 0.0653. The van der Waals surface area contributed by atoms with Crippen LogP contribution in [0.15, 0.2) is 28.2 Å². The zero-order valence-corrected chi connectivity index (χ0v) is 14.9. The topological polar surface area (TPSA) is 74.8 Å². The molecule has 1 atom stereocenters. The van der Waals surface area contributed by atoms with Crippen LogP contribution in [0.5, 0.6) is 0 Å². The largest absolute Gasteiger partial charge is 0.355 e. The number of carbonyl (C=O) groups is 1. The van der Waals surface area contributed by atoms with Crippen molar-refractivity contribution in [1.29, 1.82) is 0 Å². The molecule has 0 spiro atoms. The predicted molar refractivity (Wildman–Crippen MR) is 95.2 cm³/mol. The van der Waals surface area contributed by atoms with Crippen LogP contribution in [0, 0.1) is 5.92 Å². The van der Waals surface area contributed by atoms with Gasteiger partial charge in [-0.1, -0.05) is 37.2 Å². The van der Waals surface area contributed by atoms with Gasteiger partial charge in [0.2, 0.25) is 5.91 Å². The molecule has 2 rings (SSSR count). The van der Waals surface area contributed by atoms with Crippen LogP contribution in [0.3, 0.4) is 0 Å². The summed E-state index contributed by atoms with van der Waals surface area (Å²) in [5.41, 5.74) is 0.290. The molecule has 23 heavy (non-hydrogen) atoms. The summed E-state index contributed by atoms with van der Waals surface area (Å²) in [6, 6.07) is 4.93. The van der Waals surface area contributed by atoms with Crippen LogP contribution in [-0.2, 0) is 4.79 Å². The van der Waals surface area contributed by atoms with E-state index in [0.717, 1.165) is 6.42 Å². The number of halogens is 1. The number of fused-ring (bicyclic) bond motifs is 1. The summed E-state index contributed by atoms with van der Waals surface area (Å²) in [6.45, 7) is 6.66. The Kier molecular flexibility index (Phi) is 6.07. The van der Waals surface area contributed by atoms with Crippen molar-refractivity contribution in [3.05, 3.63) is 33.6 Å². The lowest BCUT2D eigenvalue weighted by molar-refractivity contribution is -0.120. The average Bonchev–Trinajstić information content (AvgIpc) is 2.46. The van der Waals surface area contributed by atoms with Crippen molar-refractivity contribution in [2.24, 2.45) is 5.92 Å². The molecule has 0 radical (unpaired) electrons. The van der Waals surface area contributed by atoms with Crippen LogP contribution >= 0.6 is 23.4 Å². The predicted octanol–water partition coefficient (Wildman–Crippen LogP) is 3.22. The summed E-state index contributed by atoms with van der Waals surface area (Å²) < 4.78 is 0. The fourth-order valence-corrected chi connectivity index (χ4v) is 2.99. The lowest BCUT2D eigenvalue weighted by Crippen LogP contribution is -2.32. The molecule has 7 heteroatoms. The molecule has 1 amide bonds. The number of benzene rings is 1. The molecule has 0 saturated carbocycles. The first kappa shape index (κ1) is 17.8. The molecule has 1 heterocycles. The second-order valence-corrected chi connectivity index (χ2v) is 7.53. The number of hydrogen-bond donors (Lipinski definition) is 2. The molecular weight excluding hydrogens is 334 g/mol. The van der Waals surface area contributed by atoms with Gasteiger partial charge in [0.15, 0.2) is 5.16 Å². The number of rotatable bonds is 6. The fraction of sp³-hybridized carbons (Fsp3) is 0.438. The van der Waals surface area contributed by atoms with Crippen molar-refractivity contribution in [1.82, 2.24) is 15.3 Å². The van der Waals surface area contributed by atoms with Crippen LogP contribution < -0.4 is 10.9 Å². The van der Waals surface area contributed by atoms with Crippen LogP contribution in [0.2, 0.25) is 5.02 Å². The third-order valence-electron chi connectivity index (χ3n) is 3.33. The molecular formula is C16H20ClN3O2S. The Morgan fingerprint density at radius 1 is 1.39 bits per heavy atom. The molecule has 0 fully saturated rings. The van der Waals surface area contributed by atoms with Gasteiger partial charge >= 0.3 is 0 Å². The van der Waals surface area contributed by atoms with Gasteiger partial charge in [0.1, 0.15) is 0 Å². The molecule has 1 aromatic heterocycles. The number of aromatic nitrogens is 2. The zero-order chi connectivity index (χ0) is 17.0. The van der Waals surface area contributed by atoms with E-state index in [1.54, 1.807) is 25.1 Å². The average molecular weight is 354 g/mol. The highest BCUT2D eigenvalue weighted by Crippen LogP contribution is 2.21. The second kappa shape index (κ2) is 7.84. The normalized spacial score (nSPS) is 12.6. The summed E-state index contributed by atoms with van der Waals surface area (Å²) >= 11 is 7.16. The highest BCUT2D eigenvalue weighted by Gasteiger charge is 2.16. The molecule has 0 unspecified atom stereocenters. The van der Waals surface area contributed by atoms with Gasteiger partial charge in [-0.3, -0.25) is 9.59 Å². The number of thioether (sulfide) groups is 1. The lowest BCUT2D eigenvalue weighted by Gasteiger charge is -2.12. The van der Waals surface area contributed by atoms with Crippen molar-refractivity contribution >= 4 is 40.2 Å². The summed E-state index contributed by atoms with van der Waals surface area (Å²) in [5, 5.41) is 3.96. The van der Waals surface area contributed by atoms with Gasteiger partial charge in [-0.25, -0.2) is 4.98 Å². The van der Waals surface area contributed by atoms with Crippen molar-refractivity contribution in [2.75, 3.05) is 6.54 Å². The Balaban J connectivity index is 2.08. The molecule has 0 bridgehead atoms. The van der Waals surface area contributed by atoms with Crippen LogP contribution in [0.25, 0.3) is 10.9 Å². The molecule has 0 aliphatic rings. The van der Waals surface area contributed by atoms with Crippen LogP contribution in [-0.4, -0.2) is 27.7 Å². The maximum atomic E-state index is 12.1. The molecule has 5 nitrogen and oxygen atoms in total. The Hall–Kier alpha value is -1.53. The number of aromatic amines is 1. The molecule has 124 valence electrons. The van der Waals surface area contributed by atoms with Gasteiger partial charge in [-0.2, -0.15) is 0 Å². The van der Waals surface area contributed by atoms with Crippen molar-refractivity contribution < 1.29 is 4.79 Å².